The van der Waals surface area contributed by atoms with Gasteiger partial charge in [0.2, 0.25) is 0 Å². The fourth-order valence-corrected chi connectivity index (χ4v) is 2.54. The lowest BCUT2D eigenvalue weighted by molar-refractivity contribution is 0.101. The van der Waals surface area contributed by atoms with E-state index in [1.165, 1.54) is 5.56 Å². The monoisotopic (exact) mass is 271 g/mol. The number of hydrogen-bond donors (Lipinski definition) is 2. The van der Waals surface area contributed by atoms with Crippen molar-refractivity contribution in [3.05, 3.63) is 46.8 Å². The number of nitrogens with one attached hydrogen (secondary N) is 1. The van der Waals surface area contributed by atoms with Crippen molar-refractivity contribution in [3.63, 3.8) is 0 Å². The van der Waals surface area contributed by atoms with Crippen LogP contribution in [0.1, 0.15) is 34.1 Å². The Balaban J connectivity index is 2.32. The van der Waals surface area contributed by atoms with Crippen LogP contribution < -0.4 is 11.1 Å². The Morgan fingerprint density at radius 3 is 2.35 bits per heavy atom. The first-order valence-corrected chi connectivity index (χ1v) is 6.77. The lowest BCUT2D eigenvalue weighted by atomic mass is 10.1. The van der Waals surface area contributed by atoms with Gasteiger partial charge in [-0.25, -0.2) is 0 Å². The molecule has 2 rings (SSSR count). The summed E-state index contributed by atoms with van der Waals surface area (Å²) in [6.45, 7) is 8.75. The number of rotatable bonds is 3. The Morgan fingerprint density at radius 2 is 1.80 bits per heavy atom. The standard InChI is InChI=1S/C16H21N3O/c1-5-19-9-13(17)8-14(19)16(20)18-15-11(3)6-10(2)7-12(15)4/h6-9H,5,17H2,1-4H3,(H,18,20). The van der Waals surface area contributed by atoms with Gasteiger partial charge in [-0.05, 0) is 44.9 Å². The second kappa shape index (κ2) is 5.41. The lowest BCUT2D eigenvalue weighted by Crippen LogP contribution is -2.17. The van der Waals surface area contributed by atoms with Crippen LogP contribution in [-0.2, 0) is 6.54 Å². The van der Waals surface area contributed by atoms with Crippen molar-refractivity contribution in [2.24, 2.45) is 0 Å². The fourth-order valence-electron chi connectivity index (χ4n) is 2.54. The molecule has 0 spiro atoms. The number of aromatic nitrogens is 1. The molecular formula is C16H21N3O. The molecular weight excluding hydrogens is 250 g/mol. The van der Waals surface area contributed by atoms with Gasteiger partial charge in [-0.2, -0.15) is 0 Å². The summed E-state index contributed by atoms with van der Waals surface area (Å²) in [5, 5.41) is 2.99. The summed E-state index contributed by atoms with van der Waals surface area (Å²) in [7, 11) is 0. The number of nitrogens with two attached hydrogens (primary N) is 1. The van der Waals surface area contributed by atoms with E-state index < -0.39 is 0 Å². The molecule has 0 saturated carbocycles. The zero-order valence-electron chi connectivity index (χ0n) is 12.4. The van der Waals surface area contributed by atoms with Crippen molar-refractivity contribution in [2.75, 3.05) is 11.1 Å². The average Bonchev–Trinajstić information content (AvgIpc) is 2.75. The molecule has 0 aliphatic heterocycles. The van der Waals surface area contributed by atoms with Crippen LogP contribution in [0.15, 0.2) is 24.4 Å². The summed E-state index contributed by atoms with van der Waals surface area (Å²) in [5.74, 6) is -0.126. The zero-order chi connectivity index (χ0) is 14.9. The normalized spacial score (nSPS) is 10.6. The number of aryl methyl sites for hydroxylation is 4. The molecule has 1 aromatic carbocycles. The van der Waals surface area contributed by atoms with E-state index in [0.29, 0.717) is 17.9 Å². The molecule has 0 aliphatic carbocycles. The maximum Gasteiger partial charge on any atom is 0.272 e. The minimum absolute atomic E-state index is 0.126. The number of carbonyl (C=O) groups excluding carboxylic acids is 1. The molecule has 0 saturated heterocycles. The highest BCUT2D eigenvalue weighted by atomic mass is 16.1. The number of carbonyl (C=O) groups is 1. The maximum atomic E-state index is 12.4. The van der Waals surface area contributed by atoms with Gasteiger partial charge < -0.3 is 15.6 Å². The van der Waals surface area contributed by atoms with E-state index >= 15 is 0 Å². The minimum atomic E-state index is -0.126. The Bertz CT molecular complexity index is 633. The van der Waals surface area contributed by atoms with Crippen LogP contribution in [0.5, 0.6) is 0 Å². The van der Waals surface area contributed by atoms with Gasteiger partial charge in [-0.15, -0.1) is 0 Å². The molecule has 1 aromatic heterocycles. The number of amides is 1. The zero-order valence-corrected chi connectivity index (χ0v) is 12.4. The predicted octanol–water partition coefficient (Wildman–Crippen LogP) is 3.27. The van der Waals surface area contributed by atoms with Crippen molar-refractivity contribution >= 4 is 17.3 Å². The maximum absolute atomic E-state index is 12.4. The molecule has 0 atom stereocenters. The highest BCUT2D eigenvalue weighted by molar-refractivity contribution is 6.04. The fraction of sp³-hybridized carbons (Fsp3) is 0.312. The molecule has 4 nitrogen and oxygen atoms in total. The molecule has 106 valence electrons. The SMILES string of the molecule is CCn1cc(N)cc1C(=O)Nc1c(C)cc(C)cc1C. The molecule has 0 aliphatic rings. The smallest absolute Gasteiger partial charge is 0.272 e. The Kier molecular flexibility index (Phi) is 3.84. The third kappa shape index (κ3) is 2.69. The van der Waals surface area contributed by atoms with Crippen LogP contribution in [-0.4, -0.2) is 10.5 Å². The summed E-state index contributed by atoms with van der Waals surface area (Å²) in [6, 6.07) is 5.84. The van der Waals surface area contributed by atoms with Crippen molar-refractivity contribution in [1.29, 1.82) is 0 Å². The summed E-state index contributed by atoms with van der Waals surface area (Å²) < 4.78 is 1.85. The number of anilines is 2. The summed E-state index contributed by atoms with van der Waals surface area (Å²) in [6.07, 6.45) is 1.78. The third-order valence-electron chi connectivity index (χ3n) is 3.41. The first-order valence-electron chi connectivity index (χ1n) is 6.77. The number of nitrogen functional groups attached to an aromatic ring is 1. The molecule has 0 radical (unpaired) electrons. The van der Waals surface area contributed by atoms with Gasteiger partial charge in [0.1, 0.15) is 5.69 Å². The van der Waals surface area contributed by atoms with Crippen molar-refractivity contribution in [1.82, 2.24) is 4.57 Å². The van der Waals surface area contributed by atoms with E-state index in [1.807, 2.05) is 25.3 Å². The quantitative estimate of drug-likeness (QED) is 0.900. The van der Waals surface area contributed by atoms with Gasteiger partial charge in [-0.1, -0.05) is 17.7 Å². The molecule has 0 unspecified atom stereocenters. The van der Waals surface area contributed by atoms with E-state index in [1.54, 1.807) is 12.3 Å². The first-order chi connectivity index (χ1) is 9.42. The highest BCUT2D eigenvalue weighted by Crippen LogP contribution is 2.23. The van der Waals surface area contributed by atoms with E-state index in [9.17, 15) is 4.79 Å². The summed E-state index contributed by atoms with van der Waals surface area (Å²) >= 11 is 0. The van der Waals surface area contributed by atoms with Crippen LogP contribution in [0, 0.1) is 20.8 Å². The molecule has 0 fully saturated rings. The third-order valence-corrected chi connectivity index (χ3v) is 3.41. The van der Waals surface area contributed by atoms with Gasteiger partial charge in [0.05, 0.1) is 5.69 Å². The second-order valence-electron chi connectivity index (χ2n) is 5.17. The van der Waals surface area contributed by atoms with E-state index in [4.69, 9.17) is 5.73 Å². The van der Waals surface area contributed by atoms with E-state index in [2.05, 4.69) is 24.4 Å². The van der Waals surface area contributed by atoms with Crippen molar-refractivity contribution in [2.45, 2.75) is 34.2 Å². The lowest BCUT2D eigenvalue weighted by Gasteiger charge is -2.13. The van der Waals surface area contributed by atoms with Crippen LogP contribution in [0.4, 0.5) is 11.4 Å². The molecule has 2 aromatic rings. The Labute approximate surface area is 119 Å². The second-order valence-corrected chi connectivity index (χ2v) is 5.17. The van der Waals surface area contributed by atoms with Crippen LogP contribution >= 0.6 is 0 Å². The molecule has 4 heteroatoms. The highest BCUT2D eigenvalue weighted by Gasteiger charge is 2.14. The van der Waals surface area contributed by atoms with Crippen molar-refractivity contribution in [3.8, 4) is 0 Å². The largest absolute Gasteiger partial charge is 0.397 e. The number of benzene rings is 1. The Hall–Kier alpha value is -2.23. The van der Waals surface area contributed by atoms with Gasteiger partial charge in [0.25, 0.3) is 5.91 Å². The Morgan fingerprint density at radius 1 is 1.20 bits per heavy atom. The molecule has 1 amide bonds. The average molecular weight is 271 g/mol. The summed E-state index contributed by atoms with van der Waals surface area (Å²) in [5.41, 5.74) is 11.2. The van der Waals surface area contributed by atoms with Gasteiger partial charge in [0.15, 0.2) is 0 Å². The molecule has 1 heterocycles. The minimum Gasteiger partial charge on any atom is -0.397 e. The first kappa shape index (κ1) is 14.2. The van der Waals surface area contributed by atoms with Gasteiger partial charge in [0, 0.05) is 18.4 Å². The molecule has 0 bridgehead atoms. The van der Waals surface area contributed by atoms with Gasteiger partial charge >= 0.3 is 0 Å². The topological polar surface area (TPSA) is 60.0 Å². The van der Waals surface area contributed by atoms with Crippen LogP contribution in [0.25, 0.3) is 0 Å². The molecule has 20 heavy (non-hydrogen) atoms. The van der Waals surface area contributed by atoms with E-state index in [0.717, 1.165) is 16.8 Å². The van der Waals surface area contributed by atoms with Crippen LogP contribution in [0.2, 0.25) is 0 Å². The van der Waals surface area contributed by atoms with E-state index in [-0.39, 0.29) is 5.91 Å². The van der Waals surface area contributed by atoms with Gasteiger partial charge in [-0.3, -0.25) is 4.79 Å². The van der Waals surface area contributed by atoms with Crippen molar-refractivity contribution < 1.29 is 4.79 Å². The van der Waals surface area contributed by atoms with Crippen LogP contribution in [0.3, 0.4) is 0 Å². The molecule has 3 N–H and O–H groups in total. The summed E-state index contributed by atoms with van der Waals surface area (Å²) in [4.78, 5) is 12.4. The predicted molar refractivity (Wildman–Crippen MR) is 83.1 cm³/mol. The number of nitrogens with zero attached hydrogens (tertiary/aromatic N) is 1. The number of hydrogen-bond acceptors (Lipinski definition) is 2.